The molecule has 2 aromatic carbocycles. The van der Waals surface area contributed by atoms with Gasteiger partial charge < -0.3 is 28.7 Å². The third-order valence-electron chi connectivity index (χ3n) is 8.88. The standard InChI is InChI=1S/C39H51N3O6/c1-25-13-16-33(46-24-28-15-14-27-22-42(20-17-29(27)26(28)2)37(44)48-39(6,7)8)31(21-25)32-11-10-12-35(40-32)41-19-18-30(34(23-41)45-9)36(43)47-38(3,4)5/h10-16,21,30,34H,17-20,22-24H2,1-9H3/t30-,34+/m1/s1. The average molecular weight is 658 g/mol. The lowest BCUT2D eigenvalue weighted by Crippen LogP contribution is -2.49. The summed E-state index contributed by atoms with van der Waals surface area (Å²) in [4.78, 5) is 34.6. The van der Waals surface area contributed by atoms with Crippen molar-refractivity contribution in [3.8, 4) is 17.0 Å². The van der Waals surface area contributed by atoms with Gasteiger partial charge in [-0.25, -0.2) is 9.78 Å². The molecule has 3 aromatic rings. The van der Waals surface area contributed by atoms with Crippen LogP contribution in [0.15, 0.2) is 48.5 Å². The number of pyridine rings is 1. The van der Waals surface area contributed by atoms with Gasteiger partial charge in [0.15, 0.2) is 0 Å². The lowest BCUT2D eigenvalue weighted by atomic mass is 9.92. The molecule has 0 unspecified atom stereocenters. The van der Waals surface area contributed by atoms with E-state index in [1.54, 1.807) is 12.0 Å². The molecule has 48 heavy (non-hydrogen) atoms. The third kappa shape index (κ3) is 8.48. The monoisotopic (exact) mass is 657 g/mol. The third-order valence-corrected chi connectivity index (χ3v) is 8.88. The van der Waals surface area contributed by atoms with Crippen molar-refractivity contribution in [2.24, 2.45) is 5.92 Å². The Labute approximate surface area is 285 Å². The van der Waals surface area contributed by atoms with E-state index in [0.29, 0.717) is 39.2 Å². The molecule has 1 saturated heterocycles. The SMILES string of the molecule is CO[C@H]1CN(c2cccc(-c3cc(C)ccc3OCc3ccc4c(c3C)CCN(C(=O)OC(C)(C)C)C4)n2)CC[C@H]1C(=O)OC(C)(C)C. The maximum Gasteiger partial charge on any atom is 0.410 e. The van der Waals surface area contributed by atoms with Gasteiger partial charge in [-0.3, -0.25) is 4.79 Å². The molecule has 3 heterocycles. The number of hydrogen-bond donors (Lipinski definition) is 0. The minimum Gasteiger partial charge on any atom is -0.488 e. The van der Waals surface area contributed by atoms with Gasteiger partial charge in [0.1, 0.15) is 29.4 Å². The van der Waals surface area contributed by atoms with Gasteiger partial charge in [-0.15, -0.1) is 0 Å². The Hall–Kier alpha value is -4.11. The van der Waals surface area contributed by atoms with Crippen molar-refractivity contribution >= 4 is 17.9 Å². The second-order valence-corrected chi connectivity index (χ2v) is 15.0. The molecule has 0 N–H and O–H groups in total. The van der Waals surface area contributed by atoms with Crippen LogP contribution in [0.5, 0.6) is 5.75 Å². The molecule has 2 aliphatic rings. The number of hydrogen-bond acceptors (Lipinski definition) is 8. The van der Waals surface area contributed by atoms with E-state index in [0.717, 1.165) is 45.9 Å². The summed E-state index contributed by atoms with van der Waals surface area (Å²) < 4.78 is 23.6. The first-order valence-corrected chi connectivity index (χ1v) is 16.9. The number of fused-ring (bicyclic) bond motifs is 1. The molecule has 9 heteroatoms. The minimum atomic E-state index is -0.542. The number of anilines is 1. The number of rotatable bonds is 7. The fourth-order valence-electron chi connectivity index (χ4n) is 6.41. The number of piperidine rings is 1. The molecule has 0 spiro atoms. The van der Waals surface area contributed by atoms with Crippen LogP contribution in [0.25, 0.3) is 11.3 Å². The van der Waals surface area contributed by atoms with Crippen molar-refractivity contribution < 1.29 is 28.5 Å². The number of carbonyl (C=O) groups is 2. The van der Waals surface area contributed by atoms with Crippen LogP contribution in [0.2, 0.25) is 0 Å². The molecule has 2 atom stereocenters. The number of benzene rings is 2. The first-order valence-electron chi connectivity index (χ1n) is 16.9. The predicted molar refractivity (Wildman–Crippen MR) is 187 cm³/mol. The fraction of sp³-hybridized carbons (Fsp3) is 0.513. The summed E-state index contributed by atoms with van der Waals surface area (Å²) in [7, 11) is 1.65. The number of aryl methyl sites for hydroxylation is 1. The number of aromatic nitrogens is 1. The summed E-state index contributed by atoms with van der Waals surface area (Å²) in [6.07, 6.45) is 0.834. The van der Waals surface area contributed by atoms with Crippen LogP contribution in [0, 0.1) is 19.8 Å². The molecular weight excluding hydrogens is 606 g/mol. The summed E-state index contributed by atoms with van der Waals surface area (Å²) in [6, 6.07) is 16.4. The molecular formula is C39H51N3O6. The van der Waals surface area contributed by atoms with E-state index in [4.69, 9.17) is 23.9 Å². The van der Waals surface area contributed by atoms with E-state index >= 15 is 0 Å². The average Bonchev–Trinajstić information content (AvgIpc) is 3.03. The van der Waals surface area contributed by atoms with E-state index in [2.05, 4.69) is 43.0 Å². The van der Waals surface area contributed by atoms with Crippen LogP contribution in [0.4, 0.5) is 10.6 Å². The van der Waals surface area contributed by atoms with Crippen molar-refractivity contribution in [2.45, 2.75) is 98.7 Å². The predicted octanol–water partition coefficient (Wildman–Crippen LogP) is 7.42. The molecule has 2 aliphatic heterocycles. The lowest BCUT2D eigenvalue weighted by Gasteiger charge is -2.38. The molecule has 0 saturated carbocycles. The van der Waals surface area contributed by atoms with E-state index in [1.807, 2.05) is 65.8 Å². The smallest absolute Gasteiger partial charge is 0.410 e. The highest BCUT2D eigenvalue weighted by Gasteiger charge is 2.37. The molecule has 1 amide bonds. The van der Waals surface area contributed by atoms with Gasteiger partial charge in [-0.05, 0) is 115 Å². The number of nitrogens with zero attached hydrogens (tertiary/aromatic N) is 3. The number of carbonyl (C=O) groups excluding carboxylic acids is 2. The Morgan fingerprint density at radius 2 is 1.69 bits per heavy atom. The van der Waals surface area contributed by atoms with Gasteiger partial charge in [0, 0.05) is 38.9 Å². The molecule has 0 radical (unpaired) electrons. The van der Waals surface area contributed by atoms with Crippen molar-refractivity contribution in [2.75, 3.05) is 31.6 Å². The lowest BCUT2D eigenvalue weighted by molar-refractivity contribution is -0.165. The van der Waals surface area contributed by atoms with E-state index < -0.39 is 11.2 Å². The summed E-state index contributed by atoms with van der Waals surface area (Å²) in [5.41, 5.74) is 6.54. The highest BCUT2D eigenvalue weighted by Crippen LogP contribution is 2.34. The quantitative estimate of drug-likeness (QED) is 0.243. The Kier molecular flexibility index (Phi) is 10.4. The Morgan fingerprint density at radius 1 is 0.938 bits per heavy atom. The van der Waals surface area contributed by atoms with E-state index in [1.165, 1.54) is 11.1 Å². The van der Waals surface area contributed by atoms with Gasteiger partial charge in [-0.2, -0.15) is 0 Å². The van der Waals surface area contributed by atoms with Crippen LogP contribution in [0.3, 0.4) is 0 Å². The molecule has 1 aromatic heterocycles. The Balaban J connectivity index is 1.30. The van der Waals surface area contributed by atoms with E-state index in [-0.39, 0.29) is 24.1 Å². The van der Waals surface area contributed by atoms with Crippen LogP contribution in [-0.2, 0) is 38.6 Å². The second-order valence-electron chi connectivity index (χ2n) is 15.0. The normalized spacial score (nSPS) is 18.3. The first kappa shape index (κ1) is 35.2. The number of ether oxygens (including phenoxy) is 4. The van der Waals surface area contributed by atoms with Crippen molar-refractivity contribution in [3.63, 3.8) is 0 Å². The van der Waals surface area contributed by atoms with Crippen LogP contribution in [0.1, 0.15) is 75.8 Å². The van der Waals surface area contributed by atoms with Crippen molar-refractivity contribution in [1.82, 2.24) is 9.88 Å². The molecule has 9 nitrogen and oxygen atoms in total. The van der Waals surface area contributed by atoms with Gasteiger partial charge in [0.2, 0.25) is 0 Å². The zero-order valence-electron chi connectivity index (χ0n) is 30.0. The summed E-state index contributed by atoms with van der Waals surface area (Å²) in [5.74, 6) is 1.06. The zero-order chi connectivity index (χ0) is 34.8. The van der Waals surface area contributed by atoms with Crippen LogP contribution < -0.4 is 9.64 Å². The molecule has 5 rings (SSSR count). The largest absolute Gasteiger partial charge is 0.488 e. The van der Waals surface area contributed by atoms with E-state index in [9.17, 15) is 9.59 Å². The number of methoxy groups -OCH3 is 1. The van der Waals surface area contributed by atoms with Gasteiger partial charge >= 0.3 is 12.1 Å². The summed E-state index contributed by atoms with van der Waals surface area (Å²) >= 11 is 0. The van der Waals surface area contributed by atoms with Gasteiger partial charge in [0.05, 0.1) is 17.7 Å². The zero-order valence-corrected chi connectivity index (χ0v) is 30.0. The van der Waals surface area contributed by atoms with Crippen LogP contribution in [-0.4, -0.2) is 66.0 Å². The molecule has 0 bridgehead atoms. The van der Waals surface area contributed by atoms with Gasteiger partial charge in [0.25, 0.3) is 0 Å². The van der Waals surface area contributed by atoms with Crippen molar-refractivity contribution in [3.05, 3.63) is 76.3 Å². The maximum absolute atomic E-state index is 12.9. The summed E-state index contributed by atoms with van der Waals surface area (Å²) in [5, 5.41) is 0. The Morgan fingerprint density at radius 3 is 2.40 bits per heavy atom. The van der Waals surface area contributed by atoms with Crippen LogP contribution >= 0.6 is 0 Å². The minimum absolute atomic E-state index is 0.214. The molecule has 258 valence electrons. The molecule has 0 aliphatic carbocycles. The topological polar surface area (TPSA) is 90.4 Å². The van der Waals surface area contributed by atoms with Gasteiger partial charge in [-0.1, -0.05) is 29.8 Å². The second kappa shape index (κ2) is 14.2. The summed E-state index contributed by atoms with van der Waals surface area (Å²) in [6.45, 7) is 18.3. The fourth-order valence-corrected chi connectivity index (χ4v) is 6.41. The molecule has 1 fully saturated rings. The highest BCUT2D eigenvalue weighted by molar-refractivity contribution is 5.74. The Bertz CT molecular complexity index is 1640. The maximum atomic E-state index is 12.9. The number of esters is 1. The highest BCUT2D eigenvalue weighted by atomic mass is 16.6. The number of amides is 1. The van der Waals surface area contributed by atoms with Crippen molar-refractivity contribution in [1.29, 1.82) is 0 Å². The first-order chi connectivity index (χ1) is 22.6.